The molecule has 0 aromatic carbocycles. The molecule has 1 heterocycles. The monoisotopic (exact) mass is 247 g/mol. The fourth-order valence-electron chi connectivity index (χ4n) is 0.794. The zero-order chi connectivity index (χ0) is 9.19. The summed E-state index contributed by atoms with van der Waals surface area (Å²) in [6, 6.07) is 0. The highest BCUT2D eigenvalue weighted by atomic mass is 79.9. The van der Waals surface area contributed by atoms with E-state index in [1.165, 1.54) is 10.0 Å². The molecule has 1 nitrogen and oxygen atoms in total. The van der Waals surface area contributed by atoms with Crippen molar-refractivity contribution in [2.45, 2.75) is 32.9 Å². The molecule has 1 rings (SSSR count). The van der Waals surface area contributed by atoms with Gasteiger partial charge in [0.25, 0.3) is 0 Å². The summed E-state index contributed by atoms with van der Waals surface area (Å²) >= 11 is 5.23. The first-order valence-electron chi connectivity index (χ1n) is 3.94. The average Bonchev–Trinajstić information content (AvgIpc) is 2.29. The summed E-state index contributed by atoms with van der Waals surface area (Å²) in [6.07, 6.45) is 0. The summed E-state index contributed by atoms with van der Waals surface area (Å²) in [4.78, 5) is 0. The third kappa shape index (κ3) is 3.25. The van der Waals surface area contributed by atoms with E-state index in [1.54, 1.807) is 11.3 Å². The quantitative estimate of drug-likeness (QED) is 0.845. The number of halogens is 1. The van der Waals surface area contributed by atoms with Crippen molar-refractivity contribution < 1.29 is 0 Å². The fraction of sp³-hybridized carbons (Fsp3) is 0.556. The van der Waals surface area contributed by atoms with Gasteiger partial charge in [0.2, 0.25) is 0 Å². The topological polar surface area (TPSA) is 12.0 Å². The Morgan fingerprint density at radius 2 is 2.08 bits per heavy atom. The molecule has 0 radical (unpaired) electrons. The van der Waals surface area contributed by atoms with Gasteiger partial charge in [-0.1, -0.05) is 0 Å². The van der Waals surface area contributed by atoms with Gasteiger partial charge in [-0.2, -0.15) is 11.3 Å². The molecule has 1 N–H and O–H groups in total. The van der Waals surface area contributed by atoms with E-state index in [9.17, 15) is 0 Å². The lowest BCUT2D eigenvalue weighted by atomic mass is 10.1. The van der Waals surface area contributed by atoms with Crippen LogP contribution in [0.4, 0.5) is 0 Å². The average molecular weight is 248 g/mol. The Labute approximate surface area is 86.3 Å². The molecule has 0 amide bonds. The summed E-state index contributed by atoms with van der Waals surface area (Å²) in [5.41, 5.74) is 1.54. The van der Waals surface area contributed by atoms with Crippen molar-refractivity contribution in [2.75, 3.05) is 0 Å². The second-order valence-electron chi connectivity index (χ2n) is 3.85. The van der Waals surface area contributed by atoms with Gasteiger partial charge in [0.1, 0.15) is 0 Å². The first-order chi connectivity index (χ1) is 5.49. The highest BCUT2D eigenvalue weighted by Crippen LogP contribution is 2.21. The molecule has 0 bridgehead atoms. The van der Waals surface area contributed by atoms with E-state index >= 15 is 0 Å². The van der Waals surface area contributed by atoms with Crippen molar-refractivity contribution in [2.24, 2.45) is 0 Å². The molecule has 12 heavy (non-hydrogen) atoms. The fourth-order valence-corrected chi connectivity index (χ4v) is 2.24. The van der Waals surface area contributed by atoms with Crippen molar-refractivity contribution in [1.29, 1.82) is 0 Å². The molecule has 0 aliphatic carbocycles. The molecular formula is C9H14BrNS. The number of hydrogen-bond acceptors (Lipinski definition) is 2. The van der Waals surface area contributed by atoms with E-state index < -0.39 is 0 Å². The van der Waals surface area contributed by atoms with Crippen molar-refractivity contribution in [3.8, 4) is 0 Å². The van der Waals surface area contributed by atoms with Gasteiger partial charge in [0.15, 0.2) is 0 Å². The van der Waals surface area contributed by atoms with Crippen LogP contribution in [0.1, 0.15) is 26.3 Å². The predicted octanol–water partition coefficient (Wildman–Crippen LogP) is 3.40. The predicted molar refractivity (Wildman–Crippen MR) is 58.6 cm³/mol. The number of nitrogens with one attached hydrogen (secondary N) is 1. The second-order valence-corrected chi connectivity index (χ2v) is 5.45. The largest absolute Gasteiger partial charge is 0.308 e. The van der Waals surface area contributed by atoms with Crippen LogP contribution in [0.5, 0.6) is 0 Å². The Bertz CT molecular complexity index is 249. The molecular weight excluding hydrogens is 234 g/mol. The van der Waals surface area contributed by atoms with Gasteiger partial charge in [-0.05, 0) is 47.6 Å². The van der Waals surface area contributed by atoms with Gasteiger partial charge in [0, 0.05) is 21.9 Å². The maximum absolute atomic E-state index is 3.50. The molecule has 0 unspecified atom stereocenters. The summed E-state index contributed by atoms with van der Waals surface area (Å²) in [5.74, 6) is 0. The Kier molecular flexibility index (Phi) is 3.32. The van der Waals surface area contributed by atoms with E-state index in [1.807, 2.05) is 0 Å². The summed E-state index contributed by atoms with van der Waals surface area (Å²) in [5, 5.41) is 7.72. The van der Waals surface area contributed by atoms with Crippen LogP contribution in [0.2, 0.25) is 0 Å². The highest BCUT2D eigenvalue weighted by molar-refractivity contribution is 9.10. The van der Waals surface area contributed by atoms with E-state index in [4.69, 9.17) is 0 Å². The summed E-state index contributed by atoms with van der Waals surface area (Å²) < 4.78 is 1.21. The third-order valence-electron chi connectivity index (χ3n) is 1.50. The van der Waals surface area contributed by atoms with Gasteiger partial charge in [-0.3, -0.25) is 0 Å². The Hall–Kier alpha value is 0.140. The van der Waals surface area contributed by atoms with E-state index in [2.05, 4.69) is 52.8 Å². The van der Waals surface area contributed by atoms with Crippen molar-refractivity contribution in [1.82, 2.24) is 5.32 Å². The third-order valence-corrected chi connectivity index (χ3v) is 3.33. The summed E-state index contributed by atoms with van der Waals surface area (Å²) in [7, 11) is 0. The van der Waals surface area contributed by atoms with Crippen molar-refractivity contribution in [3.63, 3.8) is 0 Å². The zero-order valence-electron chi connectivity index (χ0n) is 7.65. The van der Waals surface area contributed by atoms with Crippen LogP contribution in [-0.2, 0) is 6.54 Å². The Morgan fingerprint density at radius 3 is 2.50 bits per heavy atom. The van der Waals surface area contributed by atoms with Gasteiger partial charge in [0.05, 0.1) is 0 Å². The Morgan fingerprint density at radius 1 is 1.42 bits per heavy atom. The maximum atomic E-state index is 3.50. The molecule has 0 aliphatic rings. The van der Waals surface area contributed by atoms with Gasteiger partial charge in [-0.25, -0.2) is 0 Å². The number of thiophene rings is 1. The molecule has 1 aromatic rings. The van der Waals surface area contributed by atoms with Crippen LogP contribution in [0.15, 0.2) is 15.2 Å². The highest BCUT2D eigenvalue weighted by Gasteiger charge is 2.09. The lowest BCUT2D eigenvalue weighted by Crippen LogP contribution is -2.34. The van der Waals surface area contributed by atoms with Crippen molar-refractivity contribution >= 4 is 27.3 Å². The van der Waals surface area contributed by atoms with E-state index in [-0.39, 0.29) is 5.54 Å². The van der Waals surface area contributed by atoms with Crippen LogP contribution in [0.3, 0.4) is 0 Å². The van der Waals surface area contributed by atoms with Gasteiger partial charge < -0.3 is 5.32 Å². The van der Waals surface area contributed by atoms with Crippen LogP contribution >= 0.6 is 27.3 Å². The normalized spacial score (nSPS) is 12.0. The standard InChI is InChI=1S/C9H14BrNS/c1-9(2,3)11-4-7-5-12-6-8(7)10/h5-6,11H,4H2,1-3H3. The van der Waals surface area contributed by atoms with Crippen molar-refractivity contribution in [3.05, 3.63) is 20.8 Å². The van der Waals surface area contributed by atoms with Crippen LogP contribution in [-0.4, -0.2) is 5.54 Å². The van der Waals surface area contributed by atoms with Crippen LogP contribution < -0.4 is 5.32 Å². The smallest absolute Gasteiger partial charge is 0.0327 e. The molecule has 0 aliphatic heterocycles. The lowest BCUT2D eigenvalue weighted by molar-refractivity contribution is 0.424. The van der Waals surface area contributed by atoms with Gasteiger partial charge >= 0.3 is 0 Å². The van der Waals surface area contributed by atoms with E-state index in [0.717, 1.165) is 6.54 Å². The first-order valence-corrected chi connectivity index (χ1v) is 5.68. The molecule has 0 saturated heterocycles. The van der Waals surface area contributed by atoms with E-state index in [0.29, 0.717) is 0 Å². The number of hydrogen-bond donors (Lipinski definition) is 1. The van der Waals surface area contributed by atoms with Crippen LogP contribution in [0.25, 0.3) is 0 Å². The first kappa shape index (κ1) is 10.2. The summed E-state index contributed by atoms with van der Waals surface area (Å²) in [6.45, 7) is 7.46. The lowest BCUT2D eigenvalue weighted by Gasteiger charge is -2.20. The van der Waals surface area contributed by atoms with Crippen LogP contribution in [0, 0.1) is 0 Å². The number of rotatable bonds is 2. The molecule has 0 atom stereocenters. The van der Waals surface area contributed by atoms with Gasteiger partial charge in [-0.15, -0.1) is 0 Å². The SMILES string of the molecule is CC(C)(C)NCc1cscc1Br. The zero-order valence-corrected chi connectivity index (χ0v) is 10.1. The second kappa shape index (κ2) is 3.90. The molecule has 1 aromatic heterocycles. The maximum Gasteiger partial charge on any atom is 0.0327 e. The molecule has 3 heteroatoms. The minimum Gasteiger partial charge on any atom is -0.308 e. The minimum atomic E-state index is 0.196. The molecule has 0 saturated carbocycles. The Balaban J connectivity index is 2.49. The molecule has 0 spiro atoms. The minimum absolute atomic E-state index is 0.196. The molecule has 68 valence electrons. The molecule has 0 fully saturated rings.